The van der Waals surface area contributed by atoms with Crippen LogP contribution in [0.4, 0.5) is 4.39 Å². The highest BCUT2D eigenvalue weighted by Gasteiger charge is 1.94. The summed E-state index contributed by atoms with van der Waals surface area (Å²) in [7, 11) is 0. The fourth-order valence-electron chi connectivity index (χ4n) is 1.10. The molecule has 1 aromatic rings. The van der Waals surface area contributed by atoms with Crippen LogP contribution in [0.25, 0.3) is 5.57 Å². The van der Waals surface area contributed by atoms with Gasteiger partial charge in [0.25, 0.3) is 0 Å². The molecule has 0 aliphatic heterocycles. The van der Waals surface area contributed by atoms with Crippen molar-refractivity contribution in [2.75, 3.05) is 5.88 Å². The number of hydrogen-bond donors (Lipinski definition) is 0. The standard InChI is InChI=1S/C11H12ClF/c1-9(3-2-8-12)10-4-6-11(13)7-5-10/h3-7H,2,8H2,1H3. The van der Waals surface area contributed by atoms with Gasteiger partial charge in [0.2, 0.25) is 0 Å². The molecule has 0 saturated heterocycles. The van der Waals surface area contributed by atoms with E-state index in [0.717, 1.165) is 17.6 Å². The molecule has 0 atom stereocenters. The van der Waals surface area contributed by atoms with E-state index in [4.69, 9.17) is 11.6 Å². The number of halogens is 2. The Hall–Kier alpha value is -0.820. The Morgan fingerprint density at radius 2 is 2.00 bits per heavy atom. The van der Waals surface area contributed by atoms with Gasteiger partial charge >= 0.3 is 0 Å². The van der Waals surface area contributed by atoms with E-state index in [2.05, 4.69) is 6.08 Å². The summed E-state index contributed by atoms with van der Waals surface area (Å²) in [5, 5.41) is 0. The van der Waals surface area contributed by atoms with Gasteiger partial charge < -0.3 is 0 Å². The molecule has 0 bridgehead atoms. The summed E-state index contributed by atoms with van der Waals surface area (Å²) >= 11 is 5.55. The molecule has 0 aliphatic carbocycles. The largest absolute Gasteiger partial charge is 0.207 e. The van der Waals surface area contributed by atoms with E-state index < -0.39 is 0 Å². The molecule has 13 heavy (non-hydrogen) atoms. The van der Waals surface area contributed by atoms with Gasteiger partial charge in [0.05, 0.1) is 0 Å². The molecule has 0 aliphatic rings. The van der Waals surface area contributed by atoms with Crippen LogP contribution >= 0.6 is 11.6 Å². The van der Waals surface area contributed by atoms with Gasteiger partial charge in [0.1, 0.15) is 5.82 Å². The van der Waals surface area contributed by atoms with Gasteiger partial charge in [-0.15, -0.1) is 11.6 Å². The Bertz CT molecular complexity index is 287. The Balaban J connectivity index is 2.77. The molecule has 0 amide bonds. The number of allylic oxidation sites excluding steroid dienone is 2. The summed E-state index contributed by atoms with van der Waals surface area (Å²) in [6.07, 6.45) is 2.91. The normalized spacial score (nSPS) is 11.8. The number of benzene rings is 1. The van der Waals surface area contributed by atoms with E-state index in [9.17, 15) is 4.39 Å². The van der Waals surface area contributed by atoms with Gasteiger partial charge in [-0.1, -0.05) is 18.2 Å². The van der Waals surface area contributed by atoms with Crippen LogP contribution in [0.3, 0.4) is 0 Å². The van der Waals surface area contributed by atoms with Crippen LogP contribution < -0.4 is 0 Å². The molecule has 0 fully saturated rings. The molecular formula is C11H12ClF. The maximum Gasteiger partial charge on any atom is 0.123 e. The lowest BCUT2D eigenvalue weighted by Crippen LogP contribution is -1.81. The van der Waals surface area contributed by atoms with Gasteiger partial charge in [-0.2, -0.15) is 0 Å². The summed E-state index contributed by atoms with van der Waals surface area (Å²) in [6, 6.07) is 6.48. The molecule has 0 aromatic heterocycles. The lowest BCUT2D eigenvalue weighted by Gasteiger charge is -2.00. The predicted molar refractivity (Wildman–Crippen MR) is 55.4 cm³/mol. The summed E-state index contributed by atoms with van der Waals surface area (Å²) < 4.78 is 12.6. The van der Waals surface area contributed by atoms with Gasteiger partial charge in [0, 0.05) is 5.88 Å². The number of alkyl halides is 1. The second-order valence-electron chi connectivity index (χ2n) is 2.87. The van der Waals surface area contributed by atoms with Crippen LogP contribution in [0.15, 0.2) is 30.3 Å². The van der Waals surface area contributed by atoms with Crippen molar-refractivity contribution < 1.29 is 4.39 Å². The monoisotopic (exact) mass is 198 g/mol. The van der Waals surface area contributed by atoms with E-state index in [0.29, 0.717) is 5.88 Å². The minimum Gasteiger partial charge on any atom is -0.207 e. The zero-order chi connectivity index (χ0) is 9.68. The van der Waals surface area contributed by atoms with E-state index >= 15 is 0 Å². The molecular weight excluding hydrogens is 187 g/mol. The lowest BCUT2D eigenvalue weighted by molar-refractivity contribution is 0.627. The zero-order valence-electron chi connectivity index (χ0n) is 7.56. The van der Waals surface area contributed by atoms with Crippen molar-refractivity contribution >= 4 is 17.2 Å². The second-order valence-corrected chi connectivity index (χ2v) is 3.25. The van der Waals surface area contributed by atoms with Crippen LogP contribution in [0.5, 0.6) is 0 Å². The number of hydrogen-bond acceptors (Lipinski definition) is 0. The smallest absolute Gasteiger partial charge is 0.123 e. The van der Waals surface area contributed by atoms with Crippen LogP contribution in [0, 0.1) is 5.82 Å². The number of rotatable bonds is 3. The van der Waals surface area contributed by atoms with Gasteiger partial charge in [0.15, 0.2) is 0 Å². The molecule has 0 heterocycles. The summed E-state index contributed by atoms with van der Waals surface area (Å²) in [4.78, 5) is 0. The highest BCUT2D eigenvalue weighted by molar-refractivity contribution is 6.17. The topological polar surface area (TPSA) is 0 Å². The first-order chi connectivity index (χ1) is 6.24. The highest BCUT2D eigenvalue weighted by Crippen LogP contribution is 2.14. The van der Waals surface area contributed by atoms with Crippen LogP contribution in [-0.4, -0.2) is 5.88 Å². The van der Waals surface area contributed by atoms with Crippen LogP contribution in [-0.2, 0) is 0 Å². The molecule has 2 heteroatoms. The average molecular weight is 199 g/mol. The fourth-order valence-corrected chi connectivity index (χ4v) is 1.21. The van der Waals surface area contributed by atoms with Crippen molar-refractivity contribution in [1.82, 2.24) is 0 Å². The molecule has 0 unspecified atom stereocenters. The Kier molecular flexibility index (Phi) is 3.97. The minimum atomic E-state index is -0.200. The van der Waals surface area contributed by atoms with Crippen LogP contribution in [0.1, 0.15) is 18.9 Å². The van der Waals surface area contributed by atoms with Gasteiger partial charge in [-0.25, -0.2) is 4.39 Å². The second kappa shape index (κ2) is 5.03. The lowest BCUT2D eigenvalue weighted by atomic mass is 10.1. The van der Waals surface area contributed by atoms with Crippen molar-refractivity contribution in [3.8, 4) is 0 Å². The van der Waals surface area contributed by atoms with Crippen molar-refractivity contribution in [3.05, 3.63) is 41.7 Å². The molecule has 0 N–H and O–H groups in total. The Morgan fingerprint density at radius 1 is 1.38 bits per heavy atom. The molecule has 0 saturated carbocycles. The summed E-state index contributed by atoms with van der Waals surface area (Å²) in [5.74, 6) is 0.423. The van der Waals surface area contributed by atoms with E-state index in [-0.39, 0.29) is 5.82 Å². The van der Waals surface area contributed by atoms with Gasteiger partial charge in [-0.05, 0) is 36.6 Å². The Morgan fingerprint density at radius 3 is 2.54 bits per heavy atom. The zero-order valence-corrected chi connectivity index (χ0v) is 8.31. The SMILES string of the molecule is CC(=CCCCl)c1ccc(F)cc1. The third-order valence-corrected chi connectivity index (χ3v) is 2.08. The van der Waals surface area contributed by atoms with Gasteiger partial charge in [-0.3, -0.25) is 0 Å². The minimum absolute atomic E-state index is 0.200. The van der Waals surface area contributed by atoms with Crippen LogP contribution in [0.2, 0.25) is 0 Å². The van der Waals surface area contributed by atoms with E-state index in [1.807, 2.05) is 6.92 Å². The molecule has 0 radical (unpaired) electrons. The van der Waals surface area contributed by atoms with Crippen molar-refractivity contribution in [3.63, 3.8) is 0 Å². The molecule has 0 spiro atoms. The Labute approximate surface area is 83.0 Å². The average Bonchev–Trinajstić information content (AvgIpc) is 2.15. The third-order valence-electron chi connectivity index (χ3n) is 1.86. The van der Waals surface area contributed by atoms with E-state index in [1.54, 1.807) is 12.1 Å². The molecule has 1 rings (SSSR count). The highest BCUT2D eigenvalue weighted by atomic mass is 35.5. The first-order valence-electron chi connectivity index (χ1n) is 4.22. The molecule has 0 nitrogen and oxygen atoms in total. The first kappa shape index (κ1) is 10.3. The van der Waals surface area contributed by atoms with E-state index in [1.165, 1.54) is 12.1 Å². The molecule has 70 valence electrons. The predicted octanol–water partition coefficient (Wildman–Crippen LogP) is 3.86. The van der Waals surface area contributed by atoms with Crippen molar-refractivity contribution in [2.45, 2.75) is 13.3 Å². The first-order valence-corrected chi connectivity index (χ1v) is 4.76. The van der Waals surface area contributed by atoms with Crippen molar-refractivity contribution in [2.24, 2.45) is 0 Å². The maximum absolute atomic E-state index is 12.6. The van der Waals surface area contributed by atoms with Crippen molar-refractivity contribution in [1.29, 1.82) is 0 Å². The third kappa shape index (κ3) is 3.19. The quantitative estimate of drug-likeness (QED) is 0.647. The summed E-state index contributed by atoms with van der Waals surface area (Å²) in [6.45, 7) is 2.00. The summed E-state index contributed by atoms with van der Waals surface area (Å²) in [5.41, 5.74) is 2.19. The fraction of sp³-hybridized carbons (Fsp3) is 0.273. The molecule has 1 aromatic carbocycles. The maximum atomic E-state index is 12.6.